The van der Waals surface area contributed by atoms with E-state index in [-0.39, 0.29) is 36.8 Å². The van der Waals surface area contributed by atoms with Crippen molar-refractivity contribution in [1.29, 1.82) is 0 Å². The van der Waals surface area contributed by atoms with Crippen molar-refractivity contribution in [1.82, 2.24) is 4.57 Å². The van der Waals surface area contributed by atoms with Gasteiger partial charge in [-0.3, -0.25) is 9.36 Å². The van der Waals surface area contributed by atoms with Gasteiger partial charge >= 0.3 is 11.9 Å². The van der Waals surface area contributed by atoms with E-state index in [0.717, 1.165) is 11.1 Å². The largest absolute Gasteiger partial charge is 0.490 e. The van der Waals surface area contributed by atoms with Crippen molar-refractivity contribution in [3.63, 3.8) is 0 Å². The summed E-state index contributed by atoms with van der Waals surface area (Å²) in [5.74, 6) is -0.318. The van der Waals surface area contributed by atoms with Gasteiger partial charge < -0.3 is 23.7 Å². The van der Waals surface area contributed by atoms with Crippen molar-refractivity contribution in [2.24, 2.45) is 4.99 Å². The van der Waals surface area contributed by atoms with E-state index < -0.39 is 18.0 Å². The maximum Gasteiger partial charge on any atom is 0.343 e. The second-order valence-corrected chi connectivity index (χ2v) is 12.1. The second kappa shape index (κ2) is 16.3. The van der Waals surface area contributed by atoms with Crippen molar-refractivity contribution in [3.05, 3.63) is 132 Å². The quantitative estimate of drug-likeness (QED) is 0.130. The SMILES string of the molecule is C=CCc1cc(/C=c2\sc3n(c2=O)[C@@H](c2ccc(OCC(=O)OC)c(OCC)c2)C(C(=O)OCC)=C(C)N=3)ccc1OCc1ccccc1F. The summed E-state index contributed by atoms with van der Waals surface area (Å²) < 4.78 is 43.6. The number of allylic oxidation sites excluding steroid dienone is 2. The summed E-state index contributed by atoms with van der Waals surface area (Å²) in [6, 6.07) is 16.0. The summed E-state index contributed by atoms with van der Waals surface area (Å²) >= 11 is 1.19. The van der Waals surface area contributed by atoms with E-state index in [9.17, 15) is 18.8 Å². The fourth-order valence-corrected chi connectivity index (χ4v) is 6.50. The number of fused-ring (bicyclic) bond motifs is 1. The normalized spacial score (nSPS) is 14.0. The fraction of sp³-hybridized carbons (Fsp3) is 0.263. The lowest BCUT2D eigenvalue weighted by atomic mass is 9.95. The number of carbonyl (C=O) groups excluding carboxylic acids is 2. The number of carbonyl (C=O) groups is 2. The van der Waals surface area contributed by atoms with Crippen molar-refractivity contribution >= 4 is 29.4 Å². The monoisotopic (exact) mass is 700 g/mol. The van der Waals surface area contributed by atoms with Gasteiger partial charge in [-0.2, -0.15) is 0 Å². The van der Waals surface area contributed by atoms with Crippen LogP contribution in [-0.2, 0) is 32.1 Å². The molecule has 50 heavy (non-hydrogen) atoms. The molecule has 0 aliphatic carbocycles. The molecule has 5 rings (SSSR count). The molecule has 2 heterocycles. The number of ether oxygens (including phenoxy) is 5. The molecule has 0 fully saturated rings. The fourth-order valence-electron chi connectivity index (χ4n) is 5.45. The average molecular weight is 701 g/mol. The molecule has 1 atom stereocenters. The molecule has 0 N–H and O–H groups in total. The lowest BCUT2D eigenvalue weighted by Gasteiger charge is -2.25. The third-order valence-electron chi connectivity index (χ3n) is 7.76. The first-order chi connectivity index (χ1) is 24.2. The number of aromatic nitrogens is 1. The van der Waals surface area contributed by atoms with Gasteiger partial charge in [0.2, 0.25) is 0 Å². The number of hydrogen-bond donors (Lipinski definition) is 0. The summed E-state index contributed by atoms with van der Waals surface area (Å²) in [4.78, 5) is 44.4. The zero-order valence-electron chi connectivity index (χ0n) is 28.2. The first-order valence-corrected chi connectivity index (χ1v) is 16.8. The zero-order chi connectivity index (χ0) is 35.8. The number of esters is 2. The molecule has 0 radical (unpaired) electrons. The molecule has 12 heteroatoms. The Balaban J connectivity index is 1.58. The summed E-state index contributed by atoms with van der Waals surface area (Å²) in [6.07, 6.45) is 3.98. The molecule has 1 aliphatic rings. The van der Waals surface area contributed by atoms with Gasteiger partial charge in [-0.05, 0) is 80.3 Å². The van der Waals surface area contributed by atoms with Gasteiger partial charge in [0.25, 0.3) is 5.56 Å². The Bertz CT molecular complexity index is 2130. The van der Waals surface area contributed by atoms with Gasteiger partial charge in [-0.25, -0.2) is 19.0 Å². The van der Waals surface area contributed by atoms with Crippen LogP contribution in [0.25, 0.3) is 6.08 Å². The number of rotatable bonds is 14. The van der Waals surface area contributed by atoms with Crippen LogP contribution in [0.15, 0.2) is 94.4 Å². The van der Waals surface area contributed by atoms with Gasteiger partial charge in [0.1, 0.15) is 18.2 Å². The number of nitrogens with zero attached hydrogens (tertiary/aromatic N) is 2. The van der Waals surface area contributed by atoms with E-state index in [4.69, 9.17) is 18.9 Å². The zero-order valence-corrected chi connectivity index (χ0v) is 29.0. The number of hydrogen-bond acceptors (Lipinski definition) is 10. The molecular weight excluding hydrogens is 663 g/mol. The molecule has 3 aromatic carbocycles. The lowest BCUT2D eigenvalue weighted by Crippen LogP contribution is -2.40. The van der Waals surface area contributed by atoms with Crippen LogP contribution in [0, 0.1) is 5.82 Å². The topological polar surface area (TPSA) is 115 Å². The Morgan fingerprint density at radius 2 is 1.76 bits per heavy atom. The predicted molar refractivity (Wildman–Crippen MR) is 187 cm³/mol. The third kappa shape index (κ3) is 7.86. The van der Waals surface area contributed by atoms with E-state index in [1.54, 1.807) is 75.4 Å². The van der Waals surface area contributed by atoms with E-state index in [1.807, 2.05) is 12.1 Å². The molecule has 10 nitrogen and oxygen atoms in total. The Labute approximate surface area is 292 Å². The Hall–Kier alpha value is -5.49. The number of methoxy groups -OCH3 is 1. The molecule has 0 bridgehead atoms. The standard InChI is InChI=1S/C38H37FN2O8S/c1-6-11-25-18-24(14-16-29(25)48-21-27-12-9-10-13-28(27)39)19-32-36(43)41-35(34(37(44)47-8-3)23(4)40-38(41)50-32)26-15-17-30(31(20-26)46-7-2)49-22-33(42)45-5/h6,9-10,12-20,35H,1,7-8,11,21-22H2,2-5H3/b32-19-/t35-/m0/s1. The highest BCUT2D eigenvalue weighted by atomic mass is 32.1. The minimum atomic E-state index is -0.896. The van der Waals surface area contributed by atoms with Crippen molar-refractivity contribution in [2.75, 3.05) is 26.9 Å². The van der Waals surface area contributed by atoms with Crippen LogP contribution in [0.2, 0.25) is 0 Å². The van der Waals surface area contributed by atoms with Crippen LogP contribution in [0.3, 0.4) is 0 Å². The number of halogens is 1. The van der Waals surface area contributed by atoms with Gasteiger partial charge in [-0.15, -0.1) is 6.58 Å². The molecule has 0 saturated carbocycles. The van der Waals surface area contributed by atoms with Gasteiger partial charge in [0.05, 0.1) is 42.2 Å². The van der Waals surface area contributed by atoms with Crippen molar-refractivity contribution in [3.8, 4) is 17.2 Å². The predicted octanol–water partition coefficient (Wildman–Crippen LogP) is 5.20. The highest BCUT2D eigenvalue weighted by molar-refractivity contribution is 7.07. The van der Waals surface area contributed by atoms with Crippen LogP contribution >= 0.6 is 11.3 Å². The minimum absolute atomic E-state index is 0.0559. The van der Waals surface area contributed by atoms with E-state index in [0.29, 0.717) is 56.4 Å². The Kier molecular flexibility index (Phi) is 11.7. The van der Waals surface area contributed by atoms with Gasteiger partial charge in [-0.1, -0.05) is 47.7 Å². The summed E-state index contributed by atoms with van der Waals surface area (Å²) in [5, 5.41) is 0. The number of thiazole rings is 1. The molecular formula is C38H37FN2O8S. The van der Waals surface area contributed by atoms with Crippen LogP contribution in [0.5, 0.6) is 17.2 Å². The van der Waals surface area contributed by atoms with E-state index >= 15 is 0 Å². The second-order valence-electron chi connectivity index (χ2n) is 11.0. The van der Waals surface area contributed by atoms with Crippen LogP contribution < -0.4 is 29.1 Å². The van der Waals surface area contributed by atoms with Gasteiger partial charge in [0.15, 0.2) is 22.9 Å². The highest BCUT2D eigenvalue weighted by Gasteiger charge is 2.34. The molecule has 4 aromatic rings. The molecule has 260 valence electrons. The van der Waals surface area contributed by atoms with E-state index in [1.165, 1.54) is 29.1 Å². The molecule has 1 aliphatic heterocycles. The van der Waals surface area contributed by atoms with Crippen molar-refractivity contribution < 1.29 is 37.7 Å². The maximum absolute atomic E-state index is 14.2. The Morgan fingerprint density at radius 3 is 2.48 bits per heavy atom. The van der Waals surface area contributed by atoms with Crippen LogP contribution in [0.1, 0.15) is 49.1 Å². The number of benzene rings is 3. The van der Waals surface area contributed by atoms with E-state index in [2.05, 4.69) is 16.3 Å². The first kappa shape index (κ1) is 35.8. The van der Waals surface area contributed by atoms with Crippen LogP contribution in [-0.4, -0.2) is 43.4 Å². The van der Waals surface area contributed by atoms with Crippen molar-refractivity contribution in [2.45, 2.75) is 39.8 Å². The van der Waals surface area contributed by atoms with Crippen LogP contribution in [0.4, 0.5) is 4.39 Å². The molecule has 0 unspecified atom stereocenters. The average Bonchev–Trinajstić information content (AvgIpc) is 3.40. The summed E-state index contributed by atoms with van der Waals surface area (Å²) in [5.41, 5.74) is 2.79. The molecule has 0 spiro atoms. The summed E-state index contributed by atoms with van der Waals surface area (Å²) in [7, 11) is 1.26. The minimum Gasteiger partial charge on any atom is -0.490 e. The van der Waals surface area contributed by atoms with Gasteiger partial charge in [0, 0.05) is 5.56 Å². The maximum atomic E-state index is 14.2. The molecule has 1 aromatic heterocycles. The third-order valence-corrected chi connectivity index (χ3v) is 8.74. The molecule has 0 saturated heterocycles. The smallest absolute Gasteiger partial charge is 0.343 e. The molecule has 0 amide bonds. The Morgan fingerprint density at radius 1 is 0.980 bits per heavy atom. The first-order valence-electron chi connectivity index (χ1n) is 15.9. The highest BCUT2D eigenvalue weighted by Crippen LogP contribution is 2.36. The summed E-state index contributed by atoms with van der Waals surface area (Å²) in [6.45, 7) is 9.22. The lowest BCUT2D eigenvalue weighted by molar-refractivity contribution is -0.143.